The molecule has 1 aliphatic rings. The van der Waals surface area contributed by atoms with Crippen molar-refractivity contribution in [2.45, 2.75) is 19.4 Å². The number of hydrogen-bond donors (Lipinski definition) is 3. The molecule has 1 saturated heterocycles. The Hall–Kier alpha value is -2.24. The summed E-state index contributed by atoms with van der Waals surface area (Å²) in [6.07, 6.45) is 0.637. The van der Waals surface area contributed by atoms with E-state index in [1.54, 1.807) is 18.2 Å². The lowest BCUT2D eigenvalue weighted by atomic mass is 10.0. The zero-order valence-electron chi connectivity index (χ0n) is 10.8. The number of nitrogen functional groups attached to an aromatic ring is 1. The third-order valence-corrected chi connectivity index (χ3v) is 3.34. The van der Waals surface area contributed by atoms with Gasteiger partial charge in [-0.2, -0.15) is 0 Å². The summed E-state index contributed by atoms with van der Waals surface area (Å²) >= 11 is 0. The van der Waals surface area contributed by atoms with Gasteiger partial charge in [0.15, 0.2) is 0 Å². The number of benzene rings is 1. The van der Waals surface area contributed by atoms with Gasteiger partial charge in [-0.15, -0.1) is 0 Å². The van der Waals surface area contributed by atoms with Crippen LogP contribution in [0.25, 0.3) is 0 Å². The van der Waals surface area contributed by atoms with Gasteiger partial charge in [-0.25, -0.2) is 0 Å². The van der Waals surface area contributed by atoms with Crippen LogP contribution in [0.2, 0.25) is 0 Å². The minimum Gasteiger partial charge on any atom is -0.397 e. The molecule has 1 heterocycles. The van der Waals surface area contributed by atoms with Gasteiger partial charge in [0.1, 0.15) is 6.04 Å². The first kappa shape index (κ1) is 13.2. The molecular weight excluding hydrogens is 244 g/mol. The van der Waals surface area contributed by atoms with Crippen molar-refractivity contribution in [3.8, 4) is 0 Å². The van der Waals surface area contributed by atoms with Crippen molar-refractivity contribution in [2.75, 3.05) is 23.7 Å². The molecule has 2 rings (SSSR count). The van der Waals surface area contributed by atoms with Crippen molar-refractivity contribution in [1.29, 1.82) is 0 Å². The molecule has 0 saturated carbocycles. The van der Waals surface area contributed by atoms with Crippen LogP contribution in [0.5, 0.6) is 0 Å². The molecule has 1 fully saturated rings. The predicted molar refractivity (Wildman–Crippen MR) is 73.8 cm³/mol. The molecule has 102 valence electrons. The maximum Gasteiger partial charge on any atom is 0.250 e. The maximum atomic E-state index is 11.9. The van der Waals surface area contributed by atoms with Gasteiger partial charge in [0.2, 0.25) is 5.91 Å². The zero-order chi connectivity index (χ0) is 14.0. The Kier molecular flexibility index (Phi) is 3.59. The summed E-state index contributed by atoms with van der Waals surface area (Å²) < 4.78 is 0. The first-order valence-corrected chi connectivity index (χ1v) is 6.29. The number of carbonyl (C=O) groups excluding carboxylic acids is 2. The van der Waals surface area contributed by atoms with Gasteiger partial charge in [0.25, 0.3) is 5.91 Å². The van der Waals surface area contributed by atoms with Crippen LogP contribution in [0.1, 0.15) is 23.7 Å². The Morgan fingerprint density at radius 1 is 1.53 bits per heavy atom. The van der Waals surface area contributed by atoms with Crippen LogP contribution in [-0.4, -0.2) is 30.9 Å². The summed E-state index contributed by atoms with van der Waals surface area (Å²) in [6.45, 7) is 3.06. The number of amides is 2. The van der Waals surface area contributed by atoms with E-state index >= 15 is 0 Å². The molecule has 6 nitrogen and oxygen atoms in total. The minimum atomic E-state index is -0.539. The Labute approximate surface area is 111 Å². The number of nitrogens with one attached hydrogen (secondary N) is 1. The number of rotatable bonds is 3. The molecule has 1 atom stereocenters. The van der Waals surface area contributed by atoms with Crippen molar-refractivity contribution in [1.82, 2.24) is 5.32 Å². The highest BCUT2D eigenvalue weighted by atomic mass is 16.2. The molecule has 19 heavy (non-hydrogen) atoms. The SMILES string of the molecule is CCC1C(=O)NCCN1c1c(N)cccc1C(N)=O. The van der Waals surface area contributed by atoms with Crippen LogP contribution in [-0.2, 0) is 4.79 Å². The Morgan fingerprint density at radius 2 is 2.26 bits per heavy atom. The molecule has 1 aromatic carbocycles. The highest BCUT2D eigenvalue weighted by Gasteiger charge is 2.31. The van der Waals surface area contributed by atoms with Crippen LogP contribution in [0, 0.1) is 0 Å². The van der Waals surface area contributed by atoms with Gasteiger partial charge in [-0.1, -0.05) is 13.0 Å². The summed E-state index contributed by atoms with van der Waals surface area (Å²) in [5, 5.41) is 2.81. The smallest absolute Gasteiger partial charge is 0.250 e. The zero-order valence-corrected chi connectivity index (χ0v) is 10.8. The Balaban J connectivity index is 2.50. The van der Waals surface area contributed by atoms with Gasteiger partial charge >= 0.3 is 0 Å². The third-order valence-electron chi connectivity index (χ3n) is 3.34. The van der Waals surface area contributed by atoms with E-state index in [2.05, 4.69) is 5.32 Å². The lowest BCUT2D eigenvalue weighted by Gasteiger charge is -2.37. The van der Waals surface area contributed by atoms with E-state index in [-0.39, 0.29) is 11.9 Å². The normalized spacial score (nSPS) is 19.1. The molecule has 0 aliphatic carbocycles. The lowest BCUT2D eigenvalue weighted by Crippen LogP contribution is -2.55. The summed E-state index contributed by atoms with van der Waals surface area (Å²) in [5.41, 5.74) is 12.7. The fraction of sp³-hybridized carbons (Fsp3) is 0.385. The molecule has 5 N–H and O–H groups in total. The number of nitrogens with two attached hydrogens (primary N) is 2. The topological polar surface area (TPSA) is 101 Å². The van der Waals surface area contributed by atoms with E-state index in [1.807, 2.05) is 11.8 Å². The molecule has 0 spiro atoms. The third kappa shape index (κ3) is 2.33. The van der Waals surface area contributed by atoms with Crippen molar-refractivity contribution < 1.29 is 9.59 Å². The summed E-state index contributed by atoms with van der Waals surface area (Å²) in [6, 6.07) is 4.70. The fourth-order valence-corrected chi connectivity index (χ4v) is 2.47. The number of primary amides is 1. The molecule has 0 radical (unpaired) electrons. The lowest BCUT2D eigenvalue weighted by molar-refractivity contribution is -0.123. The van der Waals surface area contributed by atoms with Gasteiger partial charge in [-0.3, -0.25) is 9.59 Å². The minimum absolute atomic E-state index is 0.0487. The van der Waals surface area contributed by atoms with Gasteiger partial charge in [0, 0.05) is 13.1 Å². The molecule has 6 heteroatoms. The molecule has 0 aromatic heterocycles. The van der Waals surface area contributed by atoms with Crippen LogP contribution >= 0.6 is 0 Å². The van der Waals surface area contributed by atoms with Gasteiger partial charge < -0.3 is 21.7 Å². The molecule has 0 bridgehead atoms. The number of carbonyl (C=O) groups is 2. The number of hydrogen-bond acceptors (Lipinski definition) is 4. The van der Waals surface area contributed by atoms with E-state index in [0.717, 1.165) is 0 Å². The van der Waals surface area contributed by atoms with E-state index in [9.17, 15) is 9.59 Å². The molecule has 2 amide bonds. The van der Waals surface area contributed by atoms with Crippen LogP contribution in [0.15, 0.2) is 18.2 Å². The van der Waals surface area contributed by atoms with E-state index in [1.165, 1.54) is 0 Å². The average Bonchev–Trinajstić information content (AvgIpc) is 2.38. The molecule has 1 aliphatic heterocycles. The number of anilines is 2. The van der Waals surface area contributed by atoms with Crippen LogP contribution in [0.3, 0.4) is 0 Å². The molecule has 1 unspecified atom stereocenters. The summed E-state index contributed by atoms with van der Waals surface area (Å²) in [7, 11) is 0. The number of nitrogens with zero attached hydrogens (tertiary/aromatic N) is 1. The van der Waals surface area contributed by atoms with Gasteiger partial charge in [-0.05, 0) is 18.6 Å². The number of piperazine rings is 1. The molecular formula is C13H18N4O2. The molecule has 1 aromatic rings. The highest BCUT2D eigenvalue weighted by molar-refractivity contribution is 6.02. The predicted octanol–water partition coefficient (Wildman–Crippen LogP) is 0.0825. The van der Waals surface area contributed by atoms with Crippen molar-refractivity contribution in [3.05, 3.63) is 23.8 Å². The van der Waals surface area contributed by atoms with Crippen molar-refractivity contribution >= 4 is 23.2 Å². The average molecular weight is 262 g/mol. The largest absolute Gasteiger partial charge is 0.397 e. The standard InChI is InChI=1S/C13H18N4O2/c1-2-10-13(19)16-6-7-17(10)11-8(12(15)18)4-3-5-9(11)14/h3-5,10H,2,6-7,14H2,1H3,(H2,15,18)(H,16,19). The summed E-state index contributed by atoms with van der Waals surface area (Å²) in [4.78, 5) is 25.3. The van der Waals surface area contributed by atoms with E-state index in [4.69, 9.17) is 11.5 Å². The van der Waals surface area contributed by atoms with Crippen LogP contribution < -0.4 is 21.7 Å². The monoisotopic (exact) mass is 262 g/mol. The second-order valence-electron chi connectivity index (χ2n) is 4.52. The highest BCUT2D eigenvalue weighted by Crippen LogP contribution is 2.30. The van der Waals surface area contributed by atoms with E-state index in [0.29, 0.717) is 36.4 Å². The van der Waals surface area contributed by atoms with E-state index < -0.39 is 5.91 Å². The first-order chi connectivity index (χ1) is 9.06. The van der Waals surface area contributed by atoms with Crippen molar-refractivity contribution in [2.24, 2.45) is 5.73 Å². The number of para-hydroxylation sites is 1. The Morgan fingerprint density at radius 3 is 2.89 bits per heavy atom. The van der Waals surface area contributed by atoms with Gasteiger partial charge in [0.05, 0.1) is 16.9 Å². The Bertz CT molecular complexity index is 515. The fourth-order valence-electron chi connectivity index (χ4n) is 2.47. The second-order valence-corrected chi connectivity index (χ2v) is 4.52. The quantitative estimate of drug-likeness (QED) is 0.671. The maximum absolute atomic E-state index is 11.9. The van der Waals surface area contributed by atoms with Crippen LogP contribution in [0.4, 0.5) is 11.4 Å². The second kappa shape index (κ2) is 5.17. The summed E-state index contributed by atoms with van der Waals surface area (Å²) in [5.74, 6) is -0.587. The first-order valence-electron chi connectivity index (χ1n) is 6.29. The van der Waals surface area contributed by atoms with Crippen molar-refractivity contribution in [3.63, 3.8) is 0 Å².